The second-order valence-corrected chi connectivity index (χ2v) is 6.02. The van der Waals surface area contributed by atoms with E-state index in [2.05, 4.69) is 15.5 Å². The number of nitrogens with zero attached hydrogens (tertiary/aromatic N) is 2. The minimum Gasteiger partial charge on any atom is -0.465 e. The average molecular weight is 309 g/mol. The van der Waals surface area contributed by atoms with Crippen molar-refractivity contribution in [1.82, 2.24) is 10.1 Å². The van der Waals surface area contributed by atoms with E-state index < -0.39 is 5.41 Å². The molecule has 2 heterocycles. The molecule has 0 saturated carbocycles. The quantitative estimate of drug-likeness (QED) is 0.827. The van der Waals surface area contributed by atoms with Crippen LogP contribution in [0.25, 0.3) is 0 Å². The number of hydrogen-bond donors (Lipinski definition) is 1. The Labute approximate surface area is 127 Å². The van der Waals surface area contributed by atoms with Crippen molar-refractivity contribution in [2.45, 2.75) is 39.7 Å². The fraction of sp³-hybridized carbons (Fsp3) is 0.500. The van der Waals surface area contributed by atoms with Crippen LogP contribution in [0.4, 0.5) is 5.13 Å². The molecular formula is C14H19N3O3S. The Morgan fingerprint density at radius 3 is 2.90 bits per heavy atom. The van der Waals surface area contributed by atoms with E-state index in [0.717, 1.165) is 16.6 Å². The van der Waals surface area contributed by atoms with Crippen molar-refractivity contribution in [3.8, 4) is 0 Å². The summed E-state index contributed by atoms with van der Waals surface area (Å²) in [6, 6.07) is 1.87. The Bertz CT molecular complexity index is 619. The van der Waals surface area contributed by atoms with Gasteiger partial charge in [-0.1, -0.05) is 5.16 Å². The van der Waals surface area contributed by atoms with Gasteiger partial charge in [0.05, 0.1) is 18.8 Å². The fourth-order valence-corrected chi connectivity index (χ4v) is 2.60. The lowest BCUT2D eigenvalue weighted by Gasteiger charge is -2.19. The standard InChI is InChI=1S/C14H19N3O3S/c1-5-19-12(18)14(3,4)11-8-21-13(16-11)15-7-10-6-9(2)20-17-10/h6,8H,5,7H2,1-4H3,(H,15,16). The largest absolute Gasteiger partial charge is 0.465 e. The van der Waals surface area contributed by atoms with Crippen molar-refractivity contribution < 1.29 is 14.1 Å². The number of aromatic nitrogens is 2. The minimum atomic E-state index is -0.753. The van der Waals surface area contributed by atoms with Crippen molar-refractivity contribution in [2.75, 3.05) is 11.9 Å². The molecule has 6 nitrogen and oxygen atoms in total. The first kappa shape index (κ1) is 15.5. The van der Waals surface area contributed by atoms with E-state index in [1.54, 1.807) is 6.92 Å². The van der Waals surface area contributed by atoms with Crippen molar-refractivity contribution in [2.24, 2.45) is 0 Å². The molecule has 0 spiro atoms. The molecule has 2 aromatic rings. The summed E-state index contributed by atoms with van der Waals surface area (Å²) in [7, 11) is 0. The summed E-state index contributed by atoms with van der Waals surface area (Å²) in [5, 5.41) is 9.68. The van der Waals surface area contributed by atoms with Crippen LogP contribution in [0.1, 0.15) is 37.9 Å². The van der Waals surface area contributed by atoms with Crippen molar-refractivity contribution in [3.63, 3.8) is 0 Å². The van der Waals surface area contributed by atoms with Gasteiger partial charge in [-0.05, 0) is 27.7 Å². The second-order valence-electron chi connectivity index (χ2n) is 5.17. The maximum Gasteiger partial charge on any atom is 0.317 e. The molecule has 2 aromatic heterocycles. The molecule has 0 aliphatic heterocycles. The zero-order valence-electron chi connectivity index (χ0n) is 12.6. The Hall–Kier alpha value is -1.89. The summed E-state index contributed by atoms with van der Waals surface area (Å²) >= 11 is 1.45. The molecule has 0 amide bonds. The van der Waals surface area contributed by atoms with Gasteiger partial charge in [0.25, 0.3) is 0 Å². The number of aryl methyl sites for hydroxylation is 1. The monoisotopic (exact) mass is 309 g/mol. The normalized spacial score (nSPS) is 11.4. The van der Waals surface area contributed by atoms with Crippen LogP contribution in [0.2, 0.25) is 0 Å². The summed E-state index contributed by atoms with van der Waals surface area (Å²) < 4.78 is 10.1. The number of anilines is 1. The predicted octanol–water partition coefficient (Wildman–Crippen LogP) is 2.89. The Balaban J connectivity index is 2.02. The summed E-state index contributed by atoms with van der Waals surface area (Å²) in [5.74, 6) is 0.504. The summed E-state index contributed by atoms with van der Waals surface area (Å²) in [5.41, 5.74) is 0.760. The number of hydrogen-bond acceptors (Lipinski definition) is 7. The lowest BCUT2D eigenvalue weighted by Crippen LogP contribution is -2.31. The molecular weight excluding hydrogens is 290 g/mol. The van der Waals surface area contributed by atoms with Crippen LogP contribution in [0.5, 0.6) is 0 Å². The van der Waals surface area contributed by atoms with Crippen molar-refractivity contribution in [3.05, 3.63) is 28.6 Å². The van der Waals surface area contributed by atoms with Gasteiger partial charge < -0.3 is 14.6 Å². The van der Waals surface area contributed by atoms with Gasteiger partial charge >= 0.3 is 5.97 Å². The zero-order chi connectivity index (χ0) is 15.5. The van der Waals surface area contributed by atoms with Crippen molar-refractivity contribution >= 4 is 22.4 Å². The lowest BCUT2D eigenvalue weighted by molar-refractivity contribution is -0.148. The molecule has 0 aliphatic carbocycles. The first-order valence-corrected chi connectivity index (χ1v) is 7.60. The Morgan fingerprint density at radius 2 is 2.29 bits per heavy atom. The summed E-state index contributed by atoms with van der Waals surface area (Å²) in [4.78, 5) is 16.4. The molecule has 1 N–H and O–H groups in total. The number of nitrogens with one attached hydrogen (secondary N) is 1. The Kier molecular flexibility index (Phi) is 4.62. The number of esters is 1. The molecule has 0 bridgehead atoms. The highest BCUT2D eigenvalue weighted by Crippen LogP contribution is 2.28. The van der Waals surface area contributed by atoms with Crippen LogP contribution in [0.15, 0.2) is 16.0 Å². The van der Waals surface area contributed by atoms with E-state index >= 15 is 0 Å². The average Bonchev–Trinajstić information content (AvgIpc) is 3.05. The highest BCUT2D eigenvalue weighted by molar-refractivity contribution is 7.13. The molecule has 0 aromatic carbocycles. The minimum absolute atomic E-state index is 0.269. The van der Waals surface area contributed by atoms with Crippen LogP contribution in [0, 0.1) is 6.92 Å². The first-order valence-electron chi connectivity index (χ1n) is 6.72. The van der Waals surface area contributed by atoms with E-state index in [-0.39, 0.29) is 5.97 Å². The molecule has 0 unspecified atom stereocenters. The van der Waals surface area contributed by atoms with E-state index in [1.807, 2.05) is 32.2 Å². The van der Waals surface area contributed by atoms with Crippen molar-refractivity contribution in [1.29, 1.82) is 0 Å². The van der Waals surface area contributed by atoms with Gasteiger partial charge in [-0.3, -0.25) is 4.79 Å². The Morgan fingerprint density at radius 1 is 1.52 bits per heavy atom. The van der Waals surface area contributed by atoms with Crippen LogP contribution in [-0.4, -0.2) is 22.7 Å². The SMILES string of the molecule is CCOC(=O)C(C)(C)c1csc(NCc2cc(C)on2)n1. The van der Waals surface area contributed by atoms with Gasteiger partial charge in [-0.2, -0.15) is 0 Å². The molecule has 0 atom stereocenters. The highest BCUT2D eigenvalue weighted by atomic mass is 32.1. The number of thiazole rings is 1. The van der Waals surface area contributed by atoms with E-state index in [4.69, 9.17) is 9.26 Å². The maximum atomic E-state index is 12.0. The first-order chi connectivity index (χ1) is 9.93. The lowest BCUT2D eigenvalue weighted by atomic mass is 9.90. The summed E-state index contributed by atoms with van der Waals surface area (Å²) in [6.07, 6.45) is 0. The number of rotatable bonds is 6. The molecule has 21 heavy (non-hydrogen) atoms. The topological polar surface area (TPSA) is 77.2 Å². The molecule has 7 heteroatoms. The van der Waals surface area contributed by atoms with Gasteiger partial charge in [0.2, 0.25) is 0 Å². The number of carbonyl (C=O) groups is 1. The third-order valence-corrected chi connectivity index (χ3v) is 3.83. The van der Waals surface area contributed by atoms with Gasteiger partial charge in [-0.15, -0.1) is 11.3 Å². The second kappa shape index (κ2) is 6.26. The molecule has 0 radical (unpaired) electrons. The van der Waals surface area contributed by atoms with Crippen LogP contribution < -0.4 is 5.32 Å². The third-order valence-electron chi connectivity index (χ3n) is 3.03. The van der Waals surface area contributed by atoms with E-state index in [1.165, 1.54) is 11.3 Å². The van der Waals surface area contributed by atoms with Crippen LogP contribution in [-0.2, 0) is 21.5 Å². The summed E-state index contributed by atoms with van der Waals surface area (Å²) in [6.45, 7) is 8.16. The highest BCUT2D eigenvalue weighted by Gasteiger charge is 2.33. The van der Waals surface area contributed by atoms with E-state index in [9.17, 15) is 4.79 Å². The zero-order valence-corrected chi connectivity index (χ0v) is 13.4. The van der Waals surface area contributed by atoms with Crippen LogP contribution in [0.3, 0.4) is 0 Å². The molecule has 0 saturated heterocycles. The fourth-order valence-electron chi connectivity index (χ4n) is 1.73. The number of carbonyl (C=O) groups excluding carboxylic acids is 1. The molecule has 0 fully saturated rings. The molecule has 2 rings (SSSR count). The van der Waals surface area contributed by atoms with Gasteiger partial charge in [0.15, 0.2) is 5.13 Å². The molecule has 114 valence electrons. The predicted molar refractivity (Wildman–Crippen MR) is 80.3 cm³/mol. The maximum absolute atomic E-state index is 12.0. The third kappa shape index (κ3) is 3.60. The van der Waals surface area contributed by atoms with Crippen LogP contribution >= 0.6 is 11.3 Å². The number of ether oxygens (including phenoxy) is 1. The van der Waals surface area contributed by atoms with Gasteiger partial charge in [-0.25, -0.2) is 4.98 Å². The smallest absolute Gasteiger partial charge is 0.317 e. The van der Waals surface area contributed by atoms with Gasteiger partial charge in [0.1, 0.15) is 16.9 Å². The van der Waals surface area contributed by atoms with E-state index in [0.29, 0.717) is 18.8 Å². The molecule has 0 aliphatic rings. The van der Waals surface area contributed by atoms with Gasteiger partial charge in [0, 0.05) is 11.4 Å².